The van der Waals surface area contributed by atoms with Gasteiger partial charge in [0.25, 0.3) is 0 Å². The second-order valence-electron chi connectivity index (χ2n) is 7.01. The van der Waals surface area contributed by atoms with Gasteiger partial charge in [-0.25, -0.2) is 0 Å². The molecule has 3 rings (SSSR count). The maximum Gasteiger partial charge on any atom is 0.312 e. The number of carbonyl (C=O) groups is 2. The first-order valence-electron chi connectivity index (χ1n) is 8.90. The number of aromatic nitrogens is 2. The number of amides is 1. The van der Waals surface area contributed by atoms with E-state index in [9.17, 15) is 19.7 Å². The van der Waals surface area contributed by atoms with Gasteiger partial charge in [0, 0.05) is 31.3 Å². The number of ketones is 1. The van der Waals surface area contributed by atoms with Crippen molar-refractivity contribution < 1.29 is 14.5 Å². The highest BCUT2D eigenvalue weighted by Crippen LogP contribution is 2.33. The van der Waals surface area contributed by atoms with Crippen molar-refractivity contribution in [1.29, 1.82) is 0 Å². The largest absolute Gasteiger partial charge is 0.339 e. The van der Waals surface area contributed by atoms with Crippen LogP contribution in [0.2, 0.25) is 0 Å². The van der Waals surface area contributed by atoms with Gasteiger partial charge < -0.3 is 4.90 Å². The molecule has 2 heterocycles. The molecule has 1 amide bonds. The molecule has 1 aliphatic carbocycles. The first-order chi connectivity index (χ1) is 11.9. The van der Waals surface area contributed by atoms with Crippen LogP contribution in [0.25, 0.3) is 0 Å². The zero-order valence-corrected chi connectivity index (χ0v) is 14.7. The quantitative estimate of drug-likeness (QED) is 0.600. The van der Waals surface area contributed by atoms with Crippen molar-refractivity contribution in [1.82, 2.24) is 14.7 Å². The summed E-state index contributed by atoms with van der Waals surface area (Å²) >= 11 is 0. The van der Waals surface area contributed by atoms with E-state index in [1.54, 1.807) is 13.8 Å². The Bertz CT molecular complexity index is 712. The number of carbonyl (C=O) groups excluding carboxylic acids is 2. The Morgan fingerprint density at radius 3 is 2.68 bits per heavy atom. The van der Waals surface area contributed by atoms with E-state index in [4.69, 9.17) is 0 Å². The Hall–Kier alpha value is -2.25. The average molecular weight is 348 g/mol. The molecule has 1 saturated heterocycles. The van der Waals surface area contributed by atoms with Crippen molar-refractivity contribution in [2.75, 3.05) is 6.54 Å². The molecule has 0 unspecified atom stereocenters. The number of hydrogen-bond acceptors (Lipinski definition) is 5. The maximum atomic E-state index is 12.7. The number of rotatable bonds is 5. The molecule has 1 aromatic rings. The minimum Gasteiger partial charge on any atom is -0.339 e. The van der Waals surface area contributed by atoms with E-state index in [2.05, 4.69) is 5.10 Å². The second-order valence-corrected chi connectivity index (χ2v) is 7.01. The molecule has 0 N–H and O–H groups in total. The van der Waals surface area contributed by atoms with Gasteiger partial charge in [0.2, 0.25) is 5.91 Å². The molecule has 8 heteroatoms. The topological polar surface area (TPSA) is 98.3 Å². The van der Waals surface area contributed by atoms with E-state index in [1.165, 1.54) is 4.68 Å². The molecule has 0 aromatic carbocycles. The van der Waals surface area contributed by atoms with Crippen molar-refractivity contribution in [3.05, 3.63) is 21.5 Å². The van der Waals surface area contributed by atoms with E-state index >= 15 is 0 Å². The van der Waals surface area contributed by atoms with Crippen molar-refractivity contribution in [3.63, 3.8) is 0 Å². The molecule has 1 saturated carbocycles. The van der Waals surface area contributed by atoms with Gasteiger partial charge in [-0.05, 0) is 39.5 Å². The Balaban J connectivity index is 1.65. The number of likely N-dealkylation sites (tertiary alicyclic amines) is 1. The molecule has 2 fully saturated rings. The highest BCUT2D eigenvalue weighted by Gasteiger charge is 2.39. The molecular formula is C17H24N4O4. The minimum absolute atomic E-state index is 0.00113. The van der Waals surface area contributed by atoms with Gasteiger partial charge in [-0.15, -0.1) is 0 Å². The van der Waals surface area contributed by atoms with E-state index in [1.807, 2.05) is 4.90 Å². The Morgan fingerprint density at radius 1 is 1.32 bits per heavy atom. The molecule has 0 spiro atoms. The summed E-state index contributed by atoms with van der Waals surface area (Å²) in [5.41, 5.74) is 0.854. The normalized spacial score (nSPS) is 23.4. The molecule has 25 heavy (non-hydrogen) atoms. The van der Waals surface area contributed by atoms with Crippen molar-refractivity contribution in [2.45, 2.75) is 65.0 Å². The lowest BCUT2D eigenvalue weighted by atomic mass is 9.95. The predicted octanol–water partition coefficient (Wildman–Crippen LogP) is 2.16. The van der Waals surface area contributed by atoms with Crippen molar-refractivity contribution >= 4 is 17.4 Å². The minimum atomic E-state index is -0.432. The summed E-state index contributed by atoms with van der Waals surface area (Å²) in [7, 11) is 0. The molecule has 1 aliphatic heterocycles. The summed E-state index contributed by atoms with van der Waals surface area (Å²) in [5, 5.41) is 15.3. The van der Waals surface area contributed by atoms with Gasteiger partial charge in [0.1, 0.15) is 17.2 Å². The number of Topliss-reactive ketones (excluding diaryl/α,β-unsaturated/α-hetero) is 1. The monoisotopic (exact) mass is 348 g/mol. The summed E-state index contributed by atoms with van der Waals surface area (Å²) in [4.78, 5) is 37.2. The highest BCUT2D eigenvalue weighted by atomic mass is 16.6. The number of nitrogens with zero attached hydrogens (tertiary/aromatic N) is 4. The van der Waals surface area contributed by atoms with Gasteiger partial charge in [-0.3, -0.25) is 24.4 Å². The summed E-state index contributed by atoms with van der Waals surface area (Å²) < 4.78 is 1.54. The fourth-order valence-corrected chi connectivity index (χ4v) is 4.28. The molecule has 136 valence electrons. The molecule has 2 atom stereocenters. The summed E-state index contributed by atoms with van der Waals surface area (Å²) in [6, 6.07) is 0.0392. The van der Waals surface area contributed by atoms with Crippen LogP contribution >= 0.6 is 0 Å². The van der Waals surface area contributed by atoms with Crippen LogP contribution in [0, 0.1) is 29.9 Å². The lowest BCUT2D eigenvalue weighted by molar-refractivity contribution is -0.386. The van der Waals surface area contributed by atoms with E-state index < -0.39 is 4.92 Å². The smallest absolute Gasteiger partial charge is 0.312 e. The fourth-order valence-electron chi connectivity index (χ4n) is 4.28. The van der Waals surface area contributed by atoms with E-state index in [0.717, 1.165) is 25.7 Å². The number of nitro groups is 1. The summed E-state index contributed by atoms with van der Waals surface area (Å²) in [6.07, 6.45) is 4.53. The van der Waals surface area contributed by atoms with E-state index in [0.29, 0.717) is 36.7 Å². The van der Waals surface area contributed by atoms with Gasteiger partial charge in [-0.2, -0.15) is 5.10 Å². The third-order valence-corrected chi connectivity index (χ3v) is 5.50. The molecule has 0 bridgehead atoms. The standard InChI is InChI=1S/C17H24N4O4/c1-11-17(21(24)25)12(2)20(18-11)10-8-16(23)19-9-4-6-14(19)13-5-3-7-15(13)22/h13-14H,3-10H2,1-2H3/t13-,14-/m1/s1. The summed E-state index contributed by atoms with van der Waals surface area (Å²) in [5.74, 6) is 0.303. The lowest BCUT2D eigenvalue weighted by Gasteiger charge is -2.28. The van der Waals surface area contributed by atoms with Gasteiger partial charge in [0.05, 0.1) is 11.5 Å². The van der Waals surface area contributed by atoms with Crippen LogP contribution in [0.5, 0.6) is 0 Å². The molecule has 2 aliphatic rings. The van der Waals surface area contributed by atoms with Gasteiger partial charge >= 0.3 is 5.69 Å². The fraction of sp³-hybridized carbons (Fsp3) is 0.706. The number of aryl methyl sites for hydroxylation is 2. The van der Waals surface area contributed by atoms with Gasteiger partial charge in [-0.1, -0.05) is 0 Å². The van der Waals surface area contributed by atoms with Crippen LogP contribution in [0.1, 0.15) is 49.9 Å². The SMILES string of the molecule is Cc1nn(CCC(=O)N2CCC[C@@H]2[C@H]2CCCC2=O)c(C)c1[N+](=O)[O-]. The van der Waals surface area contributed by atoms with Gasteiger partial charge in [0.15, 0.2) is 0 Å². The van der Waals surface area contributed by atoms with Crippen LogP contribution in [-0.4, -0.2) is 43.9 Å². The zero-order valence-electron chi connectivity index (χ0n) is 14.7. The van der Waals surface area contributed by atoms with Crippen molar-refractivity contribution in [3.8, 4) is 0 Å². The molecule has 1 aromatic heterocycles. The van der Waals surface area contributed by atoms with Crippen LogP contribution in [0.4, 0.5) is 5.69 Å². The first-order valence-corrected chi connectivity index (χ1v) is 8.90. The third kappa shape index (κ3) is 3.29. The van der Waals surface area contributed by atoms with Crippen molar-refractivity contribution in [2.24, 2.45) is 5.92 Å². The molecular weight excluding hydrogens is 324 g/mol. The first kappa shape index (κ1) is 17.6. The average Bonchev–Trinajstić information content (AvgIpc) is 3.24. The molecule has 0 radical (unpaired) electrons. The lowest BCUT2D eigenvalue weighted by Crippen LogP contribution is -2.41. The summed E-state index contributed by atoms with van der Waals surface area (Å²) in [6.45, 7) is 4.27. The van der Waals surface area contributed by atoms with E-state index in [-0.39, 0.29) is 30.0 Å². The van der Waals surface area contributed by atoms with Crippen LogP contribution < -0.4 is 0 Å². The second kappa shape index (κ2) is 6.93. The maximum absolute atomic E-state index is 12.7. The van der Waals surface area contributed by atoms with Crippen LogP contribution in [-0.2, 0) is 16.1 Å². The Kier molecular flexibility index (Phi) is 4.87. The third-order valence-electron chi connectivity index (χ3n) is 5.50. The van der Waals surface area contributed by atoms with Crippen LogP contribution in [0.15, 0.2) is 0 Å². The number of hydrogen-bond donors (Lipinski definition) is 0. The highest BCUT2D eigenvalue weighted by molar-refractivity contribution is 5.85. The zero-order chi connectivity index (χ0) is 18.1. The molecule has 8 nitrogen and oxygen atoms in total. The van der Waals surface area contributed by atoms with Crippen LogP contribution in [0.3, 0.4) is 0 Å². The Labute approximate surface area is 146 Å². The predicted molar refractivity (Wildman–Crippen MR) is 90.1 cm³/mol. The Morgan fingerprint density at radius 2 is 2.08 bits per heavy atom.